The number of aromatic nitrogens is 1. The molecule has 0 bridgehead atoms. The molecule has 1 aromatic carbocycles. The highest BCUT2D eigenvalue weighted by atomic mass is 16.5. The molecule has 4 nitrogen and oxygen atoms in total. The van der Waals surface area contributed by atoms with Gasteiger partial charge in [0.1, 0.15) is 5.75 Å². The van der Waals surface area contributed by atoms with Crippen molar-refractivity contribution in [2.75, 3.05) is 13.7 Å². The number of methoxy groups -OCH3 is 1. The van der Waals surface area contributed by atoms with Crippen LogP contribution in [0.1, 0.15) is 29.5 Å². The molecule has 0 saturated carbocycles. The van der Waals surface area contributed by atoms with E-state index >= 15 is 0 Å². The Bertz CT molecular complexity index is 608. The van der Waals surface area contributed by atoms with Crippen LogP contribution in [-0.4, -0.2) is 23.8 Å². The van der Waals surface area contributed by atoms with Gasteiger partial charge in [0.15, 0.2) is 0 Å². The van der Waals surface area contributed by atoms with Crippen LogP contribution in [0, 0.1) is 11.3 Å². The van der Waals surface area contributed by atoms with Gasteiger partial charge in [0.2, 0.25) is 0 Å². The molecule has 1 aromatic heterocycles. The zero-order valence-corrected chi connectivity index (χ0v) is 11.9. The number of nitriles is 1. The van der Waals surface area contributed by atoms with Crippen molar-refractivity contribution in [1.82, 2.24) is 4.98 Å². The van der Waals surface area contributed by atoms with Crippen molar-refractivity contribution in [3.63, 3.8) is 0 Å². The third-order valence-corrected chi connectivity index (χ3v) is 3.51. The smallest absolute Gasteiger partial charge is 0.140 e. The van der Waals surface area contributed by atoms with E-state index in [1.165, 1.54) is 0 Å². The molecule has 2 rings (SSSR count). The number of hydrogen-bond donors (Lipinski definition) is 1. The molecule has 0 unspecified atom stereocenters. The zero-order valence-electron chi connectivity index (χ0n) is 11.9. The molecular weight excluding hydrogens is 264 g/mol. The molecule has 2 atom stereocenters. The predicted octanol–water partition coefficient (Wildman–Crippen LogP) is 2.86. The lowest BCUT2D eigenvalue weighted by molar-refractivity contribution is 0.269. The summed E-state index contributed by atoms with van der Waals surface area (Å²) in [5, 5.41) is 19.0. The number of nitrogens with zero attached hydrogens (tertiary/aromatic N) is 2. The van der Waals surface area contributed by atoms with Gasteiger partial charge in [-0.15, -0.1) is 0 Å². The van der Waals surface area contributed by atoms with Gasteiger partial charge < -0.3 is 9.84 Å². The first kappa shape index (κ1) is 15.0. The lowest BCUT2D eigenvalue weighted by atomic mass is 9.82. The molecule has 1 heterocycles. The third kappa shape index (κ3) is 3.39. The second kappa shape index (κ2) is 7.41. The van der Waals surface area contributed by atoms with Crippen LogP contribution in [0.3, 0.4) is 0 Å². The predicted molar refractivity (Wildman–Crippen MR) is 80.0 cm³/mol. The Morgan fingerprint density at radius 1 is 1.24 bits per heavy atom. The van der Waals surface area contributed by atoms with E-state index in [4.69, 9.17) is 4.74 Å². The molecular formula is C17H18N2O2. The van der Waals surface area contributed by atoms with Gasteiger partial charge in [-0.05, 0) is 24.1 Å². The minimum absolute atomic E-state index is 0.00455. The monoisotopic (exact) mass is 282 g/mol. The Kier molecular flexibility index (Phi) is 5.30. The molecule has 0 aliphatic rings. The van der Waals surface area contributed by atoms with Gasteiger partial charge >= 0.3 is 0 Å². The first-order valence-corrected chi connectivity index (χ1v) is 6.86. The zero-order chi connectivity index (χ0) is 15.1. The highest BCUT2D eigenvalue weighted by Gasteiger charge is 2.28. The Labute approximate surface area is 124 Å². The first-order valence-electron chi connectivity index (χ1n) is 6.86. The standard InChI is InChI=1S/C17H18N2O2/c1-21-16-8-5-10-19-17(16)14(9-11-20)15(12-18)13-6-3-2-4-7-13/h2-8,10,14-15,20H,9,11H2,1H3/t14-,15+/m1/s1. The Hall–Kier alpha value is -2.38. The van der Waals surface area contributed by atoms with Crippen LogP contribution in [0.4, 0.5) is 0 Å². The normalized spacial score (nSPS) is 13.2. The van der Waals surface area contributed by atoms with Gasteiger partial charge in [-0.1, -0.05) is 30.3 Å². The van der Waals surface area contributed by atoms with Crippen LogP contribution in [0.2, 0.25) is 0 Å². The SMILES string of the molecule is COc1cccnc1[C@H](CCO)[C@@H](C#N)c1ccccc1. The van der Waals surface area contributed by atoms with Crippen LogP contribution in [0.5, 0.6) is 5.75 Å². The fraction of sp³-hybridized carbons (Fsp3) is 0.294. The van der Waals surface area contributed by atoms with Gasteiger partial charge in [-0.25, -0.2) is 0 Å². The molecule has 0 fully saturated rings. The minimum atomic E-state index is -0.373. The molecule has 0 aliphatic carbocycles. The highest BCUT2D eigenvalue weighted by molar-refractivity contribution is 5.36. The van der Waals surface area contributed by atoms with Crippen molar-refractivity contribution in [2.45, 2.75) is 18.3 Å². The van der Waals surface area contributed by atoms with Gasteiger partial charge in [-0.2, -0.15) is 5.26 Å². The maximum absolute atomic E-state index is 9.60. The fourth-order valence-electron chi connectivity index (χ4n) is 2.51. The maximum atomic E-state index is 9.60. The summed E-state index contributed by atoms with van der Waals surface area (Å²) < 4.78 is 5.35. The molecule has 0 spiro atoms. The van der Waals surface area contributed by atoms with Gasteiger partial charge in [0.05, 0.1) is 24.8 Å². The lowest BCUT2D eigenvalue weighted by Crippen LogP contribution is -2.14. The summed E-state index contributed by atoms with van der Waals surface area (Å²) in [6.07, 6.45) is 2.14. The van der Waals surface area contributed by atoms with Crippen LogP contribution in [-0.2, 0) is 0 Å². The second-order valence-electron chi connectivity index (χ2n) is 4.73. The number of rotatable bonds is 6. The number of pyridine rings is 1. The third-order valence-electron chi connectivity index (χ3n) is 3.51. The first-order chi connectivity index (χ1) is 10.3. The Morgan fingerprint density at radius 3 is 2.62 bits per heavy atom. The molecule has 0 radical (unpaired) electrons. The van der Waals surface area contributed by atoms with Crippen LogP contribution < -0.4 is 4.74 Å². The topological polar surface area (TPSA) is 66.1 Å². The van der Waals surface area contributed by atoms with Crippen molar-refractivity contribution >= 4 is 0 Å². The van der Waals surface area contributed by atoms with E-state index in [9.17, 15) is 10.4 Å². The minimum Gasteiger partial charge on any atom is -0.495 e. The van der Waals surface area contributed by atoms with Gasteiger partial charge in [0.25, 0.3) is 0 Å². The number of aliphatic hydroxyl groups excluding tert-OH is 1. The molecule has 0 saturated heterocycles. The summed E-state index contributed by atoms with van der Waals surface area (Å²) in [6, 6.07) is 15.5. The van der Waals surface area contributed by atoms with Crippen LogP contribution >= 0.6 is 0 Å². The van der Waals surface area contributed by atoms with E-state index in [1.54, 1.807) is 19.4 Å². The lowest BCUT2D eigenvalue weighted by Gasteiger charge is -2.22. The number of benzene rings is 1. The molecule has 0 aliphatic heterocycles. The van der Waals surface area contributed by atoms with Gasteiger partial charge in [-0.3, -0.25) is 4.98 Å². The van der Waals surface area contributed by atoms with E-state index in [1.807, 2.05) is 36.4 Å². The summed E-state index contributed by atoms with van der Waals surface area (Å²) in [6.45, 7) is -0.00455. The molecule has 108 valence electrons. The van der Waals surface area contributed by atoms with Crippen LogP contribution in [0.25, 0.3) is 0 Å². The second-order valence-corrected chi connectivity index (χ2v) is 4.73. The summed E-state index contributed by atoms with van der Waals surface area (Å²) in [4.78, 5) is 4.38. The van der Waals surface area contributed by atoms with E-state index in [2.05, 4.69) is 11.1 Å². The van der Waals surface area contributed by atoms with Crippen molar-refractivity contribution in [1.29, 1.82) is 5.26 Å². The van der Waals surface area contributed by atoms with Crippen molar-refractivity contribution < 1.29 is 9.84 Å². The molecule has 4 heteroatoms. The summed E-state index contributed by atoms with van der Waals surface area (Å²) in [5.74, 6) is 0.0628. The van der Waals surface area contributed by atoms with Crippen molar-refractivity contribution in [3.8, 4) is 11.8 Å². The van der Waals surface area contributed by atoms with E-state index in [0.29, 0.717) is 17.9 Å². The fourth-order valence-corrected chi connectivity index (χ4v) is 2.51. The highest BCUT2D eigenvalue weighted by Crippen LogP contribution is 2.37. The number of aliphatic hydroxyl groups is 1. The average molecular weight is 282 g/mol. The van der Waals surface area contributed by atoms with E-state index in [-0.39, 0.29) is 18.4 Å². The van der Waals surface area contributed by atoms with Crippen LogP contribution in [0.15, 0.2) is 48.7 Å². The largest absolute Gasteiger partial charge is 0.495 e. The van der Waals surface area contributed by atoms with Crippen molar-refractivity contribution in [2.24, 2.45) is 0 Å². The summed E-state index contributed by atoms with van der Waals surface area (Å²) in [5.41, 5.74) is 1.63. The van der Waals surface area contributed by atoms with Crippen molar-refractivity contribution in [3.05, 3.63) is 59.9 Å². The summed E-state index contributed by atoms with van der Waals surface area (Å²) >= 11 is 0. The maximum Gasteiger partial charge on any atom is 0.140 e. The molecule has 0 amide bonds. The van der Waals surface area contributed by atoms with Gasteiger partial charge in [0, 0.05) is 18.7 Å². The quantitative estimate of drug-likeness (QED) is 0.884. The molecule has 2 aromatic rings. The van der Waals surface area contributed by atoms with E-state index < -0.39 is 0 Å². The average Bonchev–Trinajstić information content (AvgIpc) is 2.55. The Morgan fingerprint density at radius 2 is 2.00 bits per heavy atom. The number of hydrogen-bond acceptors (Lipinski definition) is 4. The summed E-state index contributed by atoms with van der Waals surface area (Å²) in [7, 11) is 1.58. The Balaban J connectivity index is 2.44. The molecule has 1 N–H and O–H groups in total. The molecule has 21 heavy (non-hydrogen) atoms. The van der Waals surface area contributed by atoms with E-state index in [0.717, 1.165) is 5.56 Å². The number of ether oxygens (including phenoxy) is 1.